The standard InChI is InChI=1S/C13H13BrN2O4/c14-9-4-1-3-8(13(19)20)12(9)15-10(17)7-16-6-2-5-11(16)18/h1,3-4H,2,5-7H2,(H,15,17)(H,19,20). The quantitative estimate of drug-likeness (QED) is 0.873. The fourth-order valence-electron chi connectivity index (χ4n) is 2.05. The topological polar surface area (TPSA) is 86.7 Å². The molecule has 106 valence electrons. The summed E-state index contributed by atoms with van der Waals surface area (Å²) < 4.78 is 0.485. The van der Waals surface area contributed by atoms with Crippen molar-refractivity contribution < 1.29 is 19.5 Å². The third kappa shape index (κ3) is 3.16. The fraction of sp³-hybridized carbons (Fsp3) is 0.308. The van der Waals surface area contributed by atoms with Gasteiger partial charge in [0, 0.05) is 17.4 Å². The Labute approximate surface area is 123 Å². The lowest BCUT2D eigenvalue weighted by molar-refractivity contribution is -0.131. The van der Waals surface area contributed by atoms with Crippen molar-refractivity contribution in [2.24, 2.45) is 0 Å². The Bertz CT molecular complexity index is 573. The van der Waals surface area contributed by atoms with Crippen LogP contribution in [0.3, 0.4) is 0 Å². The molecule has 0 aromatic heterocycles. The lowest BCUT2D eigenvalue weighted by Crippen LogP contribution is -2.34. The van der Waals surface area contributed by atoms with Crippen LogP contribution in [0.5, 0.6) is 0 Å². The molecule has 2 N–H and O–H groups in total. The van der Waals surface area contributed by atoms with Crippen LogP contribution in [-0.4, -0.2) is 40.9 Å². The summed E-state index contributed by atoms with van der Waals surface area (Å²) in [6.45, 7) is 0.507. The first-order valence-corrected chi connectivity index (χ1v) is 6.88. The van der Waals surface area contributed by atoms with Gasteiger partial charge in [-0.05, 0) is 34.5 Å². The van der Waals surface area contributed by atoms with Crippen LogP contribution in [0, 0.1) is 0 Å². The molecule has 0 radical (unpaired) electrons. The first kappa shape index (κ1) is 14.5. The molecule has 2 amide bonds. The van der Waals surface area contributed by atoms with E-state index in [1.165, 1.54) is 11.0 Å². The van der Waals surface area contributed by atoms with Gasteiger partial charge in [0.1, 0.15) is 0 Å². The molecule has 0 saturated carbocycles. The Morgan fingerprint density at radius 1 is 1.40 bits per heavy atom. The van der Waals surface area contributed by atoms with Gasteiger partial charge in [0.25, 0.3) is 0 Å². The predicted octanol–water partition coefficient (Wildman–Crippen LogP) is 1.71. The van der Waals surface area contributed by atoms with E-state index in [1.54, 1.807) is 12.1 Å². The summed E-state index contributed by atoms with van der Waals surface area (Å²) in [6, 6.07) is 4.62. The van der Waals surface area contributed by atoms with Gasteiger partial charge in [0.2, 0.25) is 11.8 Å². The predicted molar refractivity (Wildman–Crippen MR) is 75.5 cm³/mol. The molecule has 1 saturated heterocycles. The van der Waals surface area contributed by atoms with Crippen molar-refractivity contribution in [2.75, 3.05) is 18.4 Å². The zero-order valence-corrected chi connectivity index (χ0v) is 12.1. The maximum atomic E-state index is 11.9. The molecule has 7 heteroatoms. The molecule has 1 aliphatic rings. The number of amides is 2. The van der Waals surface area contributed by atoms with E-state index in [-0.39, 0.29) is 23.7 Å². The van der Waals surface area contributed by atoms with Gasteiger partial charge in [0.15, 0.2) is 0 Å². The molecule has 6 nitrogen and oxygen atoms in total. The van der Waals surface area contributed by atoms with Crippen LogP contribution in [0.1, 0.15) is 23.2 Å². The average Bonchev–Trinajstić information content (AvgIpc) is 2.77. The van der Waals surface area contributed by atoms with Gasteiger partial charge < -0.3 is 15.3 Å². The smallest absolute Gasteiger partial charge is 0.337 e. The maximum absolute atomic E-state index is 11.9. The van der Waals surface area contributed by atoms with Gasteiger partial charge >= 0.3 is 5.97 Å². The van der Waals surface area contributed by atoms with Crippen molar-refractivity contribution in [3.8, 4) is 0 Å². The number of nitrogens with one attached hydrogen (secondary N) is 1. The number of anilines is 1. The lowest BCUT2D eigenvalue weighted by atomic mass is 10.2. The Balaban J connectivity index is 2.11. The van der Waals surface area contributed by atoms with E-state index >= 15 is 0 Å². The molecular formula is C13H13BrN2O4. The Hall–Kier alpha value is -1.89. The van der Waals surface area contributed by atoms with E-state index < -0.39 is 11.9 Å². The van der Waals surface area contributed by atoms with Crippen LogP contribution in [0.25, 0.3) is 0 Å². The first-order valence-electron chi connectivity index (χ1n) is 6.08. The fourth-order valence-corrected chi connectivity index (χ4v) is 2.52. The summed E-state index contributed by atoms with van der Waals surface area (Å²) in [5.74, 6) is -1.58. The highest BCUT2D eigenvalue weighted by molar-refractivity contribution is 9.10. The third-order valence-electron chi connectivity index (χ3n) is 3.01. The number of aromatic carboxylic acids is 1. The summed E-state index contributed by atoms with van der Waals surface area (Å²) >= 11 is 3.21. The van der Waals surface area contributed by atoms with Crippen LogP contribution in [0.4, 0.5) is 5.69 Å². The summed E-state index contributed by atoms with van der Waals surface area (Å²) in [5, 5.41) is 11.6. The number of likely N-dealkylation sites (tertiary alicyclic amines) is 1. The highest BCUT2D eigenvalue weighted by atomic mass is 79.9. The average molecular weight is 341 g/mol. The molecule has 2 rings (SSSR count). The largest absolute Gasteiger partial charge is 0.478 e. The van der Waals surface area contributed by atoms with Crippen LogP contribution in [0.2, 0.25) is 0 Å². The van der Waals surface area contributed by atoms with Crippen LogP contribution in [0.15, 0.2) is 22.7 Å². The minimum Gasteiger partial charge on any atom is -0.478 e. The Morgan fingerprint density at radius 3 is 2.75 bits per heavy atom. The summed E-state index contributed by atoms with van der Waals surface area (Å²) in [5.41, 5.74) is 0.206. The minimum atomic E-state index is -1.13. The molecule has 0 atom stereocenters. The number of para-hydroxylation sites is 1. The Kier molecular flexibility index (Phi) is 4.39. The molecule has 0 unspecified atom stereocenters. The van der Waals surface area contributed by atoms with Gasteiger partial charge in [-0.3, -0.25) is 9.59 Å². The molecule has 0 spiro atoms. The van der Waals surface area contributed by atoms with E-state index in [4.69, 9.17) is 5.11 Å². The lowest BCUT2D eigenvalue weighted by Gasteiger charge is -2.16. The molecule has 1 aromatic carbocycles. The number of carboxylic acids is 1. The highest BCUT2D eigenvalue weighted by Crippen LogP contribution is 2.26. The summed E-state index contributed by atoms with van der Waals surface area (Å²) in [6.07, 6.45) is 1.21. The zero-order chi connectivity index (χ0) is 14.7. The molecule has 1 fully saturated rings. The van der Waals surface area contributed by atoms with Crippen LogP contribution < -0.4 is 5.32 Å². The number of carbonyl (C=O) groups excluding carboxylic acids is 2. The monoisotopic (exact) mass is 340 g/mol. The molecule has 1 aromatic rings. The number of carboxylic acid groups (broad SMARTS) is 1. The van der Waals surface area contributed by atoms with E-state index in [9.17, 15) is 14.4 Å². The summed E-state index contributed by atoms with van der Waals surface area (Å²) in [7, 11) is 0. The second-order valence-electron chi connectivity index (χ2n) is 4.43. The maximum Gasteiger partial charge on any atom is 0.337 e. The SMILES string of the molecule is O=C(CN1CCCC1=O)Nc1c(Br)cccc1C(=O)O. The van der Waals surface area contributed by atoms with Gasteiger partial charge in [-0.25, -0.2) is 4.79 Å². The second-order valence-corrected chi connectivity index (χ2v) is 5.29. The molecular weight excluding hydrogens is 328 g/mol. The third-order valence-corrected chi connectivity index (χ3v) is 3.68. The van der Waals surface area contributed by atoms with Crippen molar-refractivity contribution in [3.63, 3.8) is 0 Å². The highest BCUT2D eigenvalue weighted by Gasteiger charge is 2.23. The van der Waals surface area contributed by atoms with Gasteiger partial charge in [0.05, 0.1) is 17.8 Å². The number of benzene rings is 1. The number of hydrogen-bond donors (Lipinski definition) is 2. The Morgan fingerprint density at radius 2 is 2.15 bits per heavy atom. The number of nitrogens with zero attached hydrogens (tertiary/aromatic N) is 1. The zero-order valence-electron chi connectivity index (χ0n) is 10.6. The van der Waals surface area contributed by atoms with Crippen LogP contribution >= 0.6 is 15.9 Å². The molecule has 1 heterocycles. The number of carbonyl (C=O) groups is 3. The van der Waals surface area contributed by atoms with E-state index in [2.05, 4.69) is 21.2 Å². The van der Waals surface area contributed by atoms with E-state index in [1.807, 2.05) is 0 Å². The van der Waals surface area contributed by atoms with E-state index in [0.717, 1.165) is 6.42 Å². The summed E-state index contributed by atoms with van der Waals surface area (Å²) in [4.78, 5) is 35.9. The first-order chi connectivity index (χ1) is 9.49. The van der Waals surface area contributed by atoms with Crippen molar-refractivity contribution in [2.45, 2.75) is 12.8 Å². The van der Waals surface area contributed by atoms with Crippen LogP contribution in [-0.2, 0) is 9.59 Å². The second kappa shape index (κ2) is 6.04. The van der Waals surface area contributed by atoms with E-state index in [0.29, 0.717) is 17.4 Å². The molecule has 20 heavy (non-hydrogen) atoms. The molecule has 0 bridgehead atoms. The van der Waals surface area contributed by atoms with Gasteiger partial charge in [-0.1, -0.05) is 6.07 Å². The number of hydrogen-bond acceptors (Lipinski definition) is 3. The van der Waals surface area contributed by atoms with Crippen molar-refractivity contribution in [1.82, 2.24) is 4.90 Å². The van der Waals surface area contributed by atoms with Gasteiger partial charge in [-0.2, -0.15) is 0 Å². The minimum absolute atomic E-state index is 0.000438. The van der Waals surface area contributed by atoms with Crippen molar-refractivity contribution >= 4 is 39.4 Å². The molecule has 1 aliphatic heterocycles. The normalized spacial score (nSPS) is 14.4. The van der Waals surface area contributed by atoms with Crippen molar-refractivity contribution in [1.29, 1.82) is 0 Å². The molecule has 0 aliphatic carbocycles. The van der Waals surface area contributed by atoms with Crippen molar-refractivity contribution in [3.05, 3.63) is 28.2 Å². The number of rotatable bonds is 4. The van der Waals surface area contributed by atoms with Gasteiger partial charge in [-0.15, -0.1) is 0 Å². The number of halogens is 1.